The molecular formula is C21H27NO5. The normalized spacial score (nSPS) is 20.6. The second-order valence-electron chi connectivity index (χ2n) is 7.33. The van der Waals surface area contributed by atoms with Gasteiger partial charge >= 0.3 is 5.97 Å². The summed E-state index contributed by atoms with van der Waals surface area (Å²) >= 11 is 0. The molecule has 2 rings (SSSR count). The van der Waals surface area contributed by atoms with Crippen LogP contribution in [-0.2, 0) is 14.3 Å². The molecule has 27 heavy (non-hydrogen) atoms. The van der Waals surface area contributed by atoms with Crippen LogP contribution in [0.1, 0.15) is 47.0 Å². The predicted octanol–water partition coefficient (Wildman–Crippen LogP) is 4.26. The molecule has 0 amide bonds. The molecule has 0 saturated carbocycles. The third-order valence-corrected chi connectivity index (χ3v) is 4.64. The number of para-hydroxylation sites is 2. The first kappa shape index (κ1) is 20.7. The van der Waals surface area contributed by atoms with Crippen LogP contribution in [0.25, 0.3) is 0 Å². The van der Waals surface area contributed by atoms with Gasteiger partial charge in [0.1, 0.15) is 23.1 Å². The number of nitrogens with zero attached hydrogens (tertiary/aromatic N) is 1. The van der Waals surface area contributed by atoms with Gasteiger partial charge in [-0.3, -0.25) is 9.59 Å². The number of hydrogen-bond donors (Lipinski definition) is 2. The van der Waals surface area contributed by atoms with Crippen molar-refractivity contribution in [3.63, 3.8) is 0 Å². The largest absolute Gasteiger partial charge is 0.511 e. The van der Waals surface area contributed by atoms with E-state index in [2.05, 4.69) is 4.99 Å². The molecule has 1 aliphatic rings. The minimum atomic E-state index is -0.934. The van der Waals surface area contributed by atoms with Crippen molar-refractivity contribution in [3.8, 4) is 5.75 Å². The van der Waals surface area contributed by atoms with E-state index in [1.54, 1.807) is 25.1 Å². The van der Waals surface area contributed by atoms with E-state index in [9.17, 15) is 19.8 Å². The van der Waals surface area contributed by atoms with E-state index in [0.717, 1.165) is 0 Å². The highest BCUT2D eigenvalue weighted by Crippen LogP contribution is 2.44. The van der Waals surface area contributed by atoms with E-state index in [-0.39, 0.29) is 35.9 Å². The molecule has 1 aromatic carbocycles. The van der Waals surface area contributed by atoms with Crippen LogP contribution in [0.4, 0.5) is 5.69 Å². The SMILES string of the molecule is CCCC(=O)C1=C(O)C(C(=O)OCC)C(C)(C)CC1=Nc1ccccc1O. The Bertz CT molecular complexity index is 792. The fourth-order valence-corrected chi connectivity index (χ4v) is 3.40. The van der Waals surface area contributed by atoms with E-state index >= 15 is 0 Å². The molecule has 0 radical (unpaired) electrons. The van der Waals surface area contributed by atoms with Gasteiger partial charge in [-0.05, 0) is 37.3 Å². The van der Waals surface area contributed by atoms with E-state index in [1.807, 2.05) is 20.8 Å². The minimum Gasteiger partial charge on any atom is -0.511 e. The molecule has 0 fully saturated rings. The van der Waals surface area contributed by atoms with Crippen molar-refractivity contribution in [2.75, 3.05) is 6.61 Å². The molecule has 0 saturated heterocycles. The number of phenols is 1. The van der Waals surface area contributed by atoms with Gasteiger partial charge in [-0.2, -0.15) is 0 Å². The Hall–Kier alpha value is -2.63. The standard InChI is InChI=1S/C21H27NO5/c1-5-9-16(24)17-14(22-13-10-7-8-11-15(13)23)12-21(3,4)18(19(17)25)20(26)27-6-2/h7-8,10-11,18,23,25H,5-6,9,12H2,1-4H3. The third-order valence-electron chi connectivity index (χ3n) is 4.64. The highest BCUT2D eigenvalue weighted by Gasteiger charge is 2.47. The molecule has 1 atom stereocenters. The molecule has 0 bridgehead atoms. The van der Waals surface area contributed by atoms with Gasteiger partial charge in [-0.25, -0.2) is 4.99 Å². The number of ether oxygens (including phenoxy) is 1. The van der Waals surface area contributed by atoms with Gasteiger partial charge in [0.25, 0.3) is 0 Å². The summed E-state index contributed by atoms with van der Waals surface area (Å²) in [4.78, 5) is 29.6. The lowest BCUT2D eigenvalue weighted by Gasteiger charge is -2.37. The lowest BCUT2D eigenvalue weighted by molar-refractivity contribution is -0.151. The fourth-order valence-electron chi connectivity index (χ4n) is 3.40. The van der Waals surface area contributed by atoms with E-state index in [1.165, 1.54) is 6.07 Å². The maximum Gasteiger partial charge on any atom is 0.317 e. The monoisotopic (exact) mass is 373 g/mol. The summed E-state index contributed by atoms with van der Waals surface area (Å²) in [5, 5.41) is 20.9. The zero-order valence-corrected chi connectivity index (χ0v) is 16.3. The fraction of sp³-hybridized carbons (Fsp3) is 0.476. The Morgan fingerprint density at radius 1 is 1.22 bits per heavy atom. The first-order valence-corrected chi connectivity index (χ1v) is 9.21. The number of carbonyl (C=O) groups is 2. The average Bonchev–Trinajstić information content (AvgIpc) is 2.56. The first-order chi connectivity index (χ1) is 12.7. The number of aliphatic imine (C=N–C) groups is 1. The van der Waals surface area contributed by atoms with E-state index in [4.69, 9.17) is 4.74 Å². The molecule has 1 unspecified atom stereocenters. The van der Waals surface area contributed by atoms with Crippen LogP contribution in [0.2, 0.25) is 0 Å². The van der Waals surface area contributed by atoms with Crippen LogP contribution in [0.3, 0.4) is 0 Å². The lowest BCUT2D eigenvalue weighted by atomic mass is 9.67. The van der Waals surface area contributed by atoms with Crippen LogP contribution in [0, 0.1) is 11.3 Å². The average molecular weight is 373 g/mol. The number of Topliss-reactive ketones (excluding diaryl/α,β-unsaturated/α-hetero) is 1. The van der Waals surface area contributed by atoms with Gasteiger partial charge in [0.2, 0.25) is 0 Å². The molecule has 0 aliphatic heterocycles. The molecule has 1 aliphatic carbocycles. The number of benzene rings is 1. The molecule has 6 nitrogen and oxygen atoms in total. The smallest absolute Gasteiger partial charge is 0.317 e. The van der Waals surface area contributed by atoms with Crippen LogP contribution in [0.15, 0.2) is 40.6 Å². The van der Waals surface area contributed by atoms with E-state index in [0.29, 0.717) is 24.2 Å². The van der Waals surface area contributed by atoms with Gasteiger partial charge in [0.15, 0.2) is 5.78 Å². The summed E-state index contributed by atoms with van der Waals surface area (Å²) in [7, 11) is 0. The number of ketones is 1. The molecule has 146 valence electrons. The number of rotatable bonds is 6. The molecule has 0 spiro atoms. The Kier molecular flexibility index (Phi) is 6.41. The number of aliphatic hydroxyl groups is 1. The second-order valence-corrected chi connectivity index (χ2v) is 7.33. The summed E-state index contributed by atoms with van der Waals surface area (Å²) < 4.78 is 5.12. The minimum absolute atomic E-state index is 0.0166. The zero-order chi connectivity index (χ0) is 20.2. The Morgan fingerprint density at radius 3 is 2.48 bits per heavy atom. The summed E-state index contributed by atoms with van der Waals surface area (Å²) in [5.74, 6) is -2.07. The highest BCUT2D eigenvalue weighted by atomic mass is 16.5. The maximum absolute atomic E-state index is 12.7. The number of hydrogen-bond acceptors (Lipinski definition) is 6. The predicted molar refractivity (Wildman–Crippen MR) is 103 cm³/mol. The summed E-state index contributed by atoms with van der Waals surface area (Å²) in [6.45, 7) is 7.40. The first-order valence-electron chi connectivity index (χ1n) is 9.21. The van der Waals surface area contributed by atoms with Gasteiger partial charge in [-0.1, -0.05) is 32.9 Å². The van der Waals surface area contributed by atoms with Crippen LogP contribution < -0.4 is 0 Å². The number of carbonyl (C=O) groups excluding carboxylic acids is 2. The highest BCUT2D eigenvalue weighted by molar-refractivity contribution is 6.24. The van der Waals surface area contributed by atoms with Crippen molar-refractivity contribution in [2.24, 2.45) is 16.3 Å². The van der Waals surface area contributed by atoms with Crippen molar-refractivity contribution >= 4 is 23.2 Å². The maximum atomic E-state index is 12.7. The molecule has 2 N–H and O–H groups in total. The Morgan fingerprint density at radius 2 is 1.89 bits per heavy atom. The molecule has 6 heteroatoms. The zero-order valence-electron chi connectivity index (χ0n) is 16.3. The van der Waals surface area contributed by atoms with Crippen LogP contribution in [-0.4, -0.2) is 34.3 Å². The number of esters is 1. The van der Waals surface area contributed by atoms with Gasteiger partial charge < -0.3 is 14.9 Å². The van der Waals surface area contributed by atoms with Crippen LogP contribution >= 0.6 is 0 Å². The van der Waals surface area contributed by atoms with E-state index < -0.39 is 17.3 Å². The summed E-state index contributed by atoms with van der Waals surface area (Å²) in [6.07, 6.45) is 1.13. The van der Waals surface area contributed by atoms with Crippen molar-refractivity contribution < 1.29 is 24.5 Å². The summed E-state index contributed by atoms with van der Waals surface area (Å²) in [5.41, 5.74) is 0.0539. The van der Waals surface area contributed by atoms with Gasteiger partial charge in [0.05, 0.1) is 17.9 Å². The molecular weight excluding hydrogens is 346 g/mol. The van der Waals surface area contributed by atoms with Crippen molar-refractivity contribution in [3.05, 3.63) is 35.6 Å². The van der Waals surface area contributed by atoms with Crippen molar-refractivity contribution in [1.29, 1.82) is 0 Å². The molecule has 1 aromatic rings. The van der Waals surface area contributed by atoms with Crippen molar-refractivity contribution in [1.82, 2.24) is 0 Å². The van der Waals surface area contributed by atoms with Crippen LogP contribution in [0.5, 0.6) is 5.75 Å². The quantitative estimate of drug-likeness (QED) is 0.727. The van der Waals surface area contributed by atoms with Crippen molar-refractivity contribution in [2.45, 2.75) is 47.0 Å². The van der Waals surface area contributed by atoms with Gasteiger partial charge in [-0.15, -0.1) is 0 Å². The number of aliphatic hydroxyl groups excluding tert-OH is 1. The third kappa shape index (κ3) is 4.38. The Balaban J connectivity index is 2.64. The number of aromatic hydroxyl groups is 1. The number of phenolic OH excluding ortho intramolecular Hbond substituents is 1. The molecule has 0 heterocycles. The van der Waals surface area contributed by atoms with Gasteiger partial charge in [0, 0.05) is 6.42 Å². The Labute approximate surface area is 159 Å². The number of allylic oxidation sites excluding steroid dienone is 1. The lowest BCUT2D eigenvalue weighted by Crippen LogP contribution is -2.42. The topological polar surface area (TPSA) is 96.2 Å². The second kappa shape index (κ2) is 8.37. The summed E-state index contributed by atoms with van der Waals surface area (Å²) in [6, 6.07) is 6.54. The molecule has 0 aromatic heterocycles.